The summed E-state index contributed by atoms with van der Waals surface area (Å²) in [5.41, 5.74) is -1.64. The van der Waals surface area contributed by atoms with Gasteiger partial charge in [0.05, 0.1) is 49.6 Å². The van der Waals surface area contributed by atoms with Gasteiger partial charge in [-0.15, -0.1) is 37.7 Å². The number of esters is 3. The molecule has 0 amide bonds. The van der Waals surface area contributed by atoms with Gasteiger partial charge in [-0.05, 0) is 89.0 Å². The van der Waals surface area contributed by atoms with Crippen LogP contribution in [0.1, 0.15) is 167 Å². The number of ether oxygens (including phenoxy) is 7. The number of rotatable bonds is 11. The zero-order valence-electron chi connectivity index (χ0n) is 49.4. The number of aromatic nitrogens is 8. The number of hydrogen-bond acceptors (Lipinski definition) is 22. The average Bonchev–Trinajstić information content (AvgIpc) is 3.97. The Balaban J connectivity index is -0.000000171. The molecule has 1 aliphatic heterocycles. The van der Waals surface area contributed by atoms with Gasteiger partial charge in [-0.3, -0.25) is 0 Å². The number of hydrogen-bond donors (Lipinski definition) is 2. The fraction of sp³-hybridized carbons (Fsp3) is 0.483. The smallest absolute Gasteiger partial charge is 0.870 e. The van der Waals surface area contributed by atoms with Gasteiger partial charge >= 0.3 is 94.1 Å². The van der Waals surface area contributed by atoms with Gasteiger partial charge < -0.3 is 54.0 Å². The Hall–Kier alpha value is -6.24. The van der Waals surface area contributed by atoms with Gasteiger partial charge in [0.25, 0.3) is 0 Å². The molecule has 5 atom stereocenters. The Kier molecular flexibility index (Phi) is 53.5. The van der Waals surface area contributed by atoms with Crippen LogP contribution in [0.4, 0.5) is 0 Å². The summed E-state index contributed by atoms with van der Waals surface area (Å²) in [6.45, 7) is 25.8. The zero-order chi connectivity index (χ0) is 60.9. The van der Waals surface area contributed by atoms with E-state index in [1.54, 1.807) is 96.9 Å². The summed E-state index contributed by atoms with van der Waals surface area (Å²) in [5.74, 6) is 9.41. The number of aliphatic hydroxyl groups is 1. The summed E-state index contributed by atoms with van der Waals surface area (Å²) in [6, 6.07) is 0. The van der Waals surface area contributed by atoms with Gasteiger partial charge in [0.2, 0.25) is 17.6 Å². The Morgan fingerprint density at radius 2 is 0.833 bits per heavy atom. The largest absolute Gasteiger partial charge is 1.00 e. The molecule has 1 fully saturated rings. The van der Waals surface area contributed by atoms with Crippen LogP contribution in [0, 0.1) is 61.7 Å². The normalized spacial score (nSPS) is 12.0. The van der Waals surface area contributed by atoms with Gasteiger partial charge in [0.1, 0.15) is 22.5 Å². The van der Waals surface area contributed by atoms with Crippen molar-refractivity contribution < 1.29 is 143 Å². The van der Waals surface area contributed by atoms with Crippen LogP contribution in [0.5, 0.6) is 17.6 Å². The molecule has 26 heteroatoms. The Labute approximate surface area is 556 Å². The second-order valence-corrected chi connectivity index (χ2v) is 18.9. The number of terminal acetylenes is 5. The molecule has 1 aliphatic rings. The first kappa shape index (κ1) is 91.5. The summed E-state index contributed by atoms with van der Waals surface area (Å²) in [4.78, 5) is 75.4. The van der Waals surface area contributed by atoms with Crippen molar-refractivity contribution in [3.63, 3.8) is 0 Å². The standard InChI is InChI=1S/C13H16N2O3.C13H12N2O3.C9H11ClN2O2.C9H8N2O3.C4H8O.C4H9O.C4H6O.2CH4.K.Li.H2O/c1-6-9(2)17-11-8-14-10(7-15-11)12(16)18-13(3,4)5;1-5-9(3)17-12-8-14-11(7-15-12)13(16)18-10(4)6-2;1-9(2,3)14-8(13)6-4-12-7(10)5-11-6;1-3-6(2)14-8-5-10-7(4-11-8)9(12)13;1-2-4-5-3-1;1-4(2,3)5;1-3-4(2)5;;;;;/h1,7-9H,2-5H3;1-2,7-10H,3-4H3;4-5H,1-3H3;1,4-6H,2H3,(H,12,13);1-4H2;1-3H3;1,4-5H,2H3;2*1H4;;;1H2/q;;;;;-1;;;;2*+1;/p-1/t9-;9-,10?;;6-;;;4-;;;;;/m00.0..0...../s1. The first-order valence-electron chi connectivity index (χ1n) is 23.8. The minimum atomic E-state index is -1.13. The van der Waals surface area contributed by atoms with Crippen molar-refractivity contribution in [1.82, 2.24) is 39.9 Å². The molecule has 5 rings (SSSR count). The van der Waals surface area contributed by atoms with Crippen LogP contribution in [-0.4, -0.2) is 140 Å². The van der Waals surface area contributed by atoms with E-state index in [0.29, 0.717) is 0 Å². The van der Waals surface area contributed by atoms with Crippen molar-refractivity contribution in [2.75, 3.05) is 13.2 Å². The van der Waals surface area contributed by atoms with Crippen molar-refractivity contribution >= 4 is 35.5 Å². The monoisotopic (exact) mass is 1210 g/mol. The van der Waals surface area contributed by atoms with Gasteiger partial charge in [-0.2, -0.15) is 0 Å². The molecule has 0 aromatic carbocycles. The fourth-order valence-electron chi connectivity index (χ4n) is 3.94. The number of aliphatic hydroxyl groups excluding tert-OH is 1. The van der Waals surface area contributed by atoms with Crippen LogP contribution in [0.2, 0.25) is 5.15 Å². The molecule has 0 bridgehead atoms. The number of nitrogens with zero attached hydrogens (tertiary/aromatic N) is 8. The average molecular weight is 1210 g/mol. The third kappa shape index (κ3) is 51.4. The summed E-state index contributed by atoms with van der Waals surface area (Å²) in [5, 5.41) is 27.0. The van der Waals surface area contributed by atoms with Crippen LogP contribution in [0.3, 0.4) is 0 Å². The molecule has 1 saturated heterocycles. The van der Waals surface area contributed by atoms with E-state index < -0.39 is 71.2 Å². The van der Waals surface area contributed by atoms with Crippen LogP contribution in [0.25, 0.3) is 0 Å². The fourth-order valence-corrected chi connectivity index (χ4v) is 4.04. The van der Waals surface area contributed by atoms with E-state index in [1.807, 2.05) is 0 Å². The second-order valence-electron chi connectivity index (χ2n) is 18.5. The predicted octanol–water partition coefficient (Wildman–Crippen LogP) is 1.59. The molecule has 0 aliphatic carbocycles. The van der Waals surface area contributed by atoms with E-state index in [4.69, 9.17) is 80.7 Å². The first-order valence-corrected chi connectivity index (χ1v) is 24.2. The summed E-state index contributed by atoms with van der Waals surface area (Å²) in [7, 11) is 0. The number of carboxylic acid groups (broad SMARTS) is 1. The van der Waals surface area contributed by atoms with E-state index in [1.165, 1.54) is 56.2 Å². The minimum absolute atomic E-state index is 0. The van der Waals surface area contributed by atoms with E-state index in [9.17, 15) is 24.3 Å². The van der Waals surface area contributed by atoms with Gasteiger partial charge in [-0.1, -0.05) is 76.8 Å². The quantitative estimate of drug-likeness (QED) is 0.0932. The van der Waals surface area contributed by atoms with Gasteiger partial charge in [0.15, 0.2) is 47.2 Å². The molecule has 3 N–H and O–H groups in total. The first-order chi connectivity index (χ1) is 36.7. The molecule has 0 spiro atoms. The molecule has 0 radical (unpaired) electrons. The number of carbonyl (C=O) groups excluding carboxylic acids is 3. The van der Waals surface area contributed by atoms with Gasteiger partial charge in [-0.25, -0.2) is 59.0 Å². The SMILES string of the molecule is C.C.C#CC(C)OC(=O)c1cnc(O[C@@H](C)C#C)cn1.C#C[C@H](C)O.C#C[C@H](C)Oc1cnc(C(=O)O)cn1.C#C[C@H](C)Oc1cnc(C(=O)OC(C)(C)C)cn1.C1CCOC1.CC(C)(C)OC(=O)c1cnc(Cl)cn1.CC(C)(C)[O-].[K+].[Li+].[OH-]. The van der Waals surface area contributed by atoms with E-state index >= 15 is 0 Å². The second kappa shape index (κ2) is 49.1. The molecule has 5 heterocycles. The molecule has 23 nitrogen and oxygen atoms in total. The van der Waals surface area contributed by atoms with E-state index in [0.717, 1.165) is 19.4 Å². The molecule has 0 saturated carbocycles. The third-order valence-electron chi connectivity index (χ3n) is 7.33. The van der Waals surface area contributed by atoms with Crippen molar-refractivity contribution in [2.45, 2.75) is 172 Å². The van der Waals surface area contributed by atoms with Crippen molar-refractivity contribution in [3.8, 4) is 79.4 Å². The molecular formula is C58H79ClKLiN8O15. The molecule has 4 aromatic rings. The third-order valence-corrected chi connectivity index (χ3v) is 7.53. The van der Waals surface area contributed by atoms with E-state index in [2.05, 4.69) is 75.9 Å². The number of carboxylic acids is 1. The van der Waals surface area contributed by atoms with Gasteiger partial charge in [0, 0.05) is 13.2 Å². The van der Waals surface area contributed by atoms with Crippen LogP contribution in [-0.2, 0) is 18.9 Å². The van der Waals surface area contributed by atoms with Crippen molar-refractivity contribution in [1.29, 1.82) is 0 Å². The molecule has 4 aromatic heterocycles. The summed E-state index contributed by atoms with van der Waals surface area (Å²) in [6.07, 6.45) is 35.4. The van der Waals surface area contributed by atoms with Crippen molar-refractivity contribution in [2.24, 2.45) is 0 Å². The minimum Gasteiger partial charge on any atom is -0.870 e. The number of aromatic carboxylic acids is 1. The van der Waals surface area contributed by atoms with Crippen LogP contribution >= 0.6 is 11.6 Å². The van der Waals surface area contributed by atoms with Crippen molar-refractivity contribution in [3.05, 3.63) is 77.5 Å². The summed E-state index contributed by atoms with van der Waals surface area (Å²) >= 11 is 5.52. The van der Waals surface area contributed by atoms with Crippen LogP contribution in [0.15, 0.2) is 49.6 Å². The Morgan fingerprint density at radius 1 is 0.548 bits per heavy atom. The molecule has 84 heavy (non-hydrogen) atoms. The Morgan fingerprint density at radius 3 is 1.05 bits per heavy atom. The number of carbonyl (C=O) groups is 4. The van der Waals surface area contributed by atoms with E-state index in [-0.39, 0.29) is 136 Å². The maximum Gasteiger partial charge on any atom is 1.00 e. The summed E-state index contributed by atoms with van der Waals surface area (Å²) < 4.78 is 35.6. The Bertz CT molecular complexity index is 2660. The number of halogens is 1. The van der Waals surface area contributed by atoms with Crippen LogP contribution < -0.4 is 89.6 Å². The maximum absolute atomic E-state index is 11.7. The zero-order valence-corrected chi connectivity index (χ0v) is 53.3. The predicted molar refractivity (Wildman–Crippen MR) is 307 cm³/mol. The maximum atomic E-state index is 11.7. The molecular weight excluding hydrogens is 1130 g/mol. The molecule has 1 unspecified atom stereocenters. The molecule has 450 valence electrons. The topological polar surface area (TPSA) is 330 Å².